The molecule has 100 valence electrons. The Hall–Kier alpha value is -1.87. The molecule has 19 heavy (non-hydrogen) atoms. The van der Waals surface area contributed by atoms with Gasteiger partial charge in [0.2, 0.25) is 0 Å². The molecule has 0 heterocycles. The zero-order chi connectivity index (χ0) is 13.7. The Bertz CT molecular complexity index is 535. The molecule has 2 aromatic rings. The first kappa shape index (κ1) is 13.6. The molecule has 0 atom stereocenters. The van der Waals surface area contributed by atoms with Gasteiger partial charge in [0.05, 0.1) is 14.2 Å². The third-order valence-electron chi connectivity index (χ3n) is 2.73. The Kier molecular flexibility index (Phi) is 4.53. The summed E-state index contributed by atoms with van der Waals surface area (Å²) in [6.45, 7) is 0.675. The first-order valence-electron chi connectivity index (χ1n) is 5.92. The van der Waals surface area contributed by atoms with Crippen LogP contribution in [0.3, 0.4) is 0 Å². The van der Waals surface area contributed by atoms with E-state index in [9.17, 15) is 0 Å². The van der Waals surface area contributed by atoms with Gasteiger partial charge in [0.1, 0.15) is 11.5 Å². The summed E-state index contributed by atoms with van der Waals surface area (Å²) >= 11 is 5.94. The zero-order valence-electron chi connectivity index (χ0n) is 10.9. The highest BCUT2D eigenvalue weighted by atomic mass is 35.5. The first-order chi connectivity index (χ1) is 9.21. The van der Waals surface area contributed by atoms with Crippen LogP contribution in [-0.2, 0) is 6.54 Å². The smallest absolute Gasteiger partial charge is 0.122 e. The van der Waals surface area contributed by atoms with Gasteiger partial charge in [0.25, 0.3) is 0 Å². The molecule has 0 bridgehead atoms. The van der Waals surface area contributed by atoms with E-state index in [1.165, 1.54) is 0 Å². The van der Waals surface area contributed by atoms with Crippen molar-refractivity contribution in [2.24, 2.45) is 0 Å². The number of rotatable bonds is 5. The van der Waals surface area contributed by atoms with E-state index in [0.717, 1.165) is 22.7 Å². The Labute approximate surface area is 118 Å². The van der Waals surface area contributed by atoms with Crippen molar-refractivity contribution in [3.05, 3.63) is 53.1 Å². The summed E-state index contributed by atoms with van der Waals surface area (Å²) in [5.41, 5.74) is 2.06. The molecule has 0 unspecified atom stereocenters. The summed E-state index contributed by atoms with van der Waals surface area (Å²) in [6, 6.07) is 13.4. The monoisotopic (exact) mass is 277 g/mol. The fourth-order valence-corrected chi connectivity index (χ4v) is 1.96. The quantitative estimate of drug-likeness (QED) is 0.897. The van der Waals surface area contributed by atoms with E-state index < -0.39 is 0 Å². The second kappa shape index (κ2) is 6.34. The van der Waals surface area contributed by atoms with Crippen molar-refractivity contribution in [1.29, 1.82) is 0 Å². The number of ether oxygens (including phenoxy) is 2. The van der Waals surface area contributed by atoms with E-state index in [1.54, 1.807) is 14.2 Å². The van der Waals surface area contributed by atoms with E-state index in [0.29, 0.717) is 11.6 Å². The predicted octanol–water partition coefficient (Wildman–Crippen LogP) is 3.97. The molecule has 0 saturated carbocycles. The Morgan fingerprint density at radius 3 is 2.26 bits per heavy atom. The van der Waals surface area contributed by atoms with Gasteiger partial charge in [-0.2, -0.15) is 0 Å². The van der Waals surface area contributed by atoms with Gasteiger partial charge in [0, 0.05) is 23.3 Å². The third-order valence-corrected chi connectivity index (χ3v) is 2.97. The van der Waals surface area contributed by atoms with Gasteiger partial charge >= 0.3 is 0 Å². The van der Waals surface area contributed by atoms with E-state index >= 15 is 0 Å². The minimum atomic E-state index is 0.675. The molecule has 4 heteroatoms. The van der Waals surface area contributed by atoms with Crippen LogP contribution in [0, 0.1) is 0 Å². The van der Waals surface area contributed by atoms with Crippen molar-refractivity contribution in [3.8, 4) is 11.5 Å². The summed E-state index contributed by atoms with van der Waals surface area (Å²) in [5.74, 6) is 1.56. The number of anilines is 1. The Balaban J connectivity index is 2.10. The maximum absolute atomic E-state index is 5.94. The molecule has 0 amide bonds. The molecule has 0 aromatic heterocycles. The summed E-state index contributed by atoms with van der Waals surface area (Å²) in [5, 5.41) is 4.02. The molecule has 0 radical (unpaired) electrons. The predicted molar refractivity (Wildman–Crippen MR) is 78.3 cm³/mol. The lowest BCUT2D eigenvalue weighted by molar-refractivity contribution is 0.393. The van der Waals surface area contributed by atoms with Crippen molar-refractivity contribution in [2.45, 2.75) is 6.54 Å². The lowest BCUT2D eigenvalue weighted by Gasteiger charge is -2.10. The van der Waals surface area contributed by atoms with Gasteiger partial charge in [-0.25, -0.2) is 0 Å². The first-order valence-corrected chi connectivity index (χ1v) is 6.30. The second-order valence-corrected chi connectivity index (χ2v) is 4.52. The van der Waals surface area contributed by atoms with Gasteiger partial charge in [-0.3, -0.25) is 0 Å². The topological polar surface area (TPSA) is 30.5 Å². The highest BCUT2D eigenvalue weighted by Gasteiger charge is 2.02. The Morgan fingerprint density at radius 1 is 1.00 bits per heavy atom. The third kappa shape index (κ3) is 3.80. The summed E-state index contributed by atoms with van der Waals surface area (Å²) in [6.07, 6.45) is 0. The zero-order valence-corrected chi connectivity index (χ0v) is 11.7. The normalized spacial score (nSPS) is 10.1. The molecular formula is C15H16ClNO2. The lowest BCUT2D eigenvalue weighted by atomic mass is 10.2. The molecule has 3 nitrogen and oxygen atoms in total. The van der Waals surface area contributed by atoms with Gasteiger partial charge < -0.3 is 14.8 Å². The van der Waals surface area contributed by atoms with Crippen LogP contribution >= 0.6 is 11.6 Å². The molecule has 2 rings (SSSR count). The van der Waals surface area contributed by atoms with Crippen LogP contribution < -0.4 is 14.8 Å². The lowest BCUT2D eigenvalue weighted by Crippen LogP contribution is -2.00. The van der Waals surface area contributed by atoms with Crippen LogP contribution in [0.4, 0.5) is 5.69 Å². The van der Waals surface area contributed by atoms with Crippen molar-refractivity contribution in [1.82, 2.24) is 0 Å². The molecule has 0 spiro atoms. The van der Waals surface area contributed by atoms with Gasteiger partial charge in [0.15, 0.2) is 0 Å². The molecule has 0 aliphatic carbocycles. The van der Waals surface area contributed by atoms with Crippen molar-refractivity contribution in [2.75, 3.05) is 19.5 Å². The standard InChI is InChI=1S/C15H16ClNO2/c1-18-14-6-11(7-15(9-14)19-2)10-17-13-5-3-4-12(16)8-13/h3-9,17H,10H2,1-2H3. The highest BCUT2D eigenvalue weighted by Crippen LogP contribution is 2.23. The van der Waals surface area contributed by atoms with E-state index in [1.807, 2.05) is 42.5 Å². The molecular weight excluding hydrogens is 262 g/mol. The number of hydrogen-bond donors (Lipinski definition) is 1. The summed E-state index contributed by atoms with van der Waals surface area (Å²) < 4.78 is 10.5. The molecule has 0 aliphatic heterocycles. The second-order valence-electron chi connectivity index (χ2n) is 4.08. The van der Waals surface area contributed by atoms with Crippen LogP contribution in [0.5, 0.6) is 11.5 Å². The maximum atomic E-state index is 5.94. The molecule has 0 fully saturated rings. The molecule has 0 saturated heterocycles. The van der Waals surface area contributed by atoms with E-state index in [4.69, 9.17) is 21.1 Å². The number of nitrogens with one attached hydrogen (secondary N) is 1. The average Bonchev–Trinajstić information content (AvgIpc) is 2.44. The fraction of sp³-hybridized carbons (Fsp3) is 0.200. The van der Waals surface area contributed by atoms with Crippen molar-refractivity contribution >= 4 is 17.3 Å². The largest absolute Gasteiger partial charge is 0.497 e. The van der Waals surface area contributed by atoms with Crippen LogP contribution in [0.15, 0.2) is 42.5 Å². The van der Waals surface area contributed by atoms with Gasteiger partial charge in [-0.1, -0.05) is 17.7 Å². The average molecular weight is 278 g/mol. The molecule has 1 N–H and O–H groups in total. The minimum Gasteiger partial charge on any atom is -0.497 e. The number of halogens is 1. The summed E-state index contributed by atoms with van der Waals surface area (Å²) in [4.78, 5) is 0. The van der Waals surface area contributed by atoms with Crippen LogP contribution in [0.2, 0.25) is 5.02 Å². The number of hydrogen-bond acceptors (Lipinski definition) is 3. The van der Waals surface area contributed by atoms with Gasteiger partial charge in [-0.05, 0) is 35.9 Å². The van der Waals surface area contributed by atoms with Gasteiger partial charge in [-0.15, -0.1) is 0 Å². The SMILES string of the molecule is COc1cc(CNc2cccc(Cl)c2)cc(OC)c1. The molecule has 0 aliphatic rings. The number of benzene rings is 2. The van der Waals surface area contributed by atoms with Crippen LogP contribution in [-0.4, -0.2) is 14.2 Å². The van der Waals surface area contributed by atoms with Crippen LogP contribution in [0.25, 0.3) is 0 Å². The van der Waals surface area contributed by atoms with Crippen molar-refractivity contribution in [3.63, 3.8) is 0 Å². The van der Waals surface area contributed by atoms with Crippen molar-refractivity contribution < 1.29 is 9.47 Å². The maximum Gasteiger partial charge on any atom is 0.122 e. The van der Waals surface area contributed by atoms with Crippen LogP contribution in [0.1, 0.15) is 5.56 Å². The summed E-state index contributed by atoms with van der Waals surface area (Å²) in [7, 11) is 3.28. The fourth-order valence-electron chi connectivity index (χ4n) is 1.77. The van der Waals surface area contributed by atoms with E-state index in [2.05, 4.69) is 5.32 Å². The molecule has 2 aromatic carbocycles. The number of methoxy groups -OCH3 is 2. The van der Waals surface area contributed by atoms with E-state index in [-0.39, 0.29) is 0 Å². The highest BCUT2D eigenvalue weighted by molar-refractivity contribution is 6.30. The Morgan fingerprint density at radius 2 is 1.68 bits per heavy atom. The minimum absolute atomic E-state index is 0.675.